The number of nitrogens with two attached hydrogens (primary N) is 1. The maximum atomic E-state index is 5.70. The van der Waals surface area contributed by atoms with Gasteiger partial charge in [-0.1, -0.05) is 0 Å². The van der Waals surface area contributed by atoms with E-state index in [4.69, 9.17) is 10.5 Å². The molecule has 0 aliphatic carbocycles. The highest BCUT2D eigenvalue weighted by Gasteiger charge is 2.05. The Morgan fingerprint density at radius 3 is 2.40 bits per heavy atom. The normalized spacial score (nSPS) is 10.3. The Morgan fingerprint density at radius 2 is 1.93 bits per heavy atom. The molecule has 2 N–H and O–H groups in total. The van der Waals surface area contributed by atoms with Crippen LogP contribution in [0.25, 0.3) is 5.69 Å². The minimum Gasteiger partial charge on any atom is -0.497 e. The van der Waals surface area contributed by atoms with Gasteiger partial charge in [-0.15, -0.1) is 5.10 Å². The molecule has 0 unspecified atom stereocenters. The maximum absolute atomic E-state index is 5.70. The average Bonchev–Trinajstić information content (AvgIpc) is 2.58. The quantitative estimate of drug-likeness (QED) is 0.797. The number of hydrogen-bond acceptors (Lipinski definition) is 4. The summed E-state index contributed by atoms with van der Waals surface area (Å²) in [5, 5.41) is 4.18. The lowest BCUT2D eigenvalue weighted by atomic mass is 10.3. The highest BCUT2D eigenvalue weighted by molar-refractivity contribution is 5.40. The average molecular weight is 204 g/mol. The van der Waals surface area contributed by atoms with Crippen LogP contribution in [0.15, 0.2) is 24.3 Å². The number of anilines is 1. The van der Waals surface area contributed by atoms with Gasteiger partial charge in [-0.2, -0.15) is 9.67 Å². The van der Waals surface area contributed by atoms with Crippen LogP contribution in [0.3, 0.4) is 0 Å². The van der Waals surface area contributed by atoms with Gasteiger partial charge in [-0.3, -0.25) is 0 Å². The second-order valence-corrected chi connectivity index (χ2v) is 3.13. The zero-order valence-corrected chi connectivity index (χ0v) is 8.64. The molecule has 0 spiro atoms. The monoisotopic (exact) mass is 204 g/mol. The number of methoxy groups -OCH3 is 1. The Bertz CT molecular complexity index is 461. The molecule has 1 aromatic carbocycles. The molecule has 2 rings (SSSR count). The Balaban J connectivity index is 2.41. The van der Waals surface area contributed by atoms with Crippen molar-refractivity contribution < 1.29 is 4.74 Å². The predicted molar refractivity (Wildman–Crippen MR) is 57.1 cm³/mol. The van der Waals surface area contributed by atoms with Crippen molar-refractivity contribution in [3.63, 3.8) is 0 Å². The van der Waals surface area contributed by atoms with E-state index in [1.54, 1.807) is 18.7 Å². The lowest BCUT2D eigenvalue weighted by molar-refractivity contribution is 0.414. The fraction of sp³-hybridized carbons (Fsp3) is 0.200. The SMILES string of the molecule is COc1ccc(-n2nc(C)nc2N)cc1. The van der Waals surface area contributed by atoms with Crippen molar-refractivity contribution in [1.82, 2.24) is 14.8 Å². The van der Waals surface area contributed by atoms with Crippen LogP contribution < -0.4 is 10.5 Å². The molecule has 1 aromatic heterocycles. The number of aromatic nitrogens is 3. The third kappa shape index (κ3) is 1.76. The van der Waals surface area contributed by atoms with Crippen LogP contribution in [-0.4, -0.2) is 21.9 Å². The predicted octanol–water partition coefficient (Wildman–Crippen LogP) is 1.17. The fourth-order valence-corrected chi connectivity index (χ4v) is 1.34. The molecular formula is C10H12N4O. The van der Waals surface area contributed by atoms with Gasteiger partial charge >= 0.3 is 0 Å². The number of hydrogen-bond donors (Lipinski definition) is 1. The Hall–Kier alpha value is -2.04. The maximum Gasteiger partial charge on any atom is 0.223 e. The van der Waals surface area contributed by atoms with Gasteiger partial charge in [-0.25, -0.2) is 0 Å². The lowest BCUT2D eigenvalue weighted by Gasteiger charge is -2.03. The van der Waals surface area contributed by atoms with E-state index in [1.807, 2.05) is 24.3 Å². The molecule has 0 atom stereocenters. The van der Waals surface area contributed by atoms with Crippen molar-refractivity contribution in [3.05, 3.63) is 30.1 Å². The molecule has 0 aliphatic heterocycles. The van der Waals surface area contributed by atoms with Crippen molar-refractivity contribution >= 4 is 5.95 Å². The van der Waals surface area contributed by atoms with Crippen LogP contribution in [0.5, 0.6) is 5.75 Å². The molecule has 0 aliphatic rings. The minimum absolute atomic E-state index is 0.387. The Kier molecular flexibility index (Phi) is 2.29. The summed E-state index contributed by atoms with van der Waals surface area (Å²) in [5.74, 6) is 1.84. The molecule has 5 nitrogen and oxygen atoms in total. The van der Waals surface area contributed by atoms with Crippen LogP contribution in [0.2, 0.25) is 0 Å². The third-order valence-corrected chi connectivity index (χ3v) is 2.06. The largest absolute Gasteiger partial charge is 0.497 e. The van der Waals surface area contributed by atoms with E-state index in [0.717, 1.165) is 11.4 Å². The summed E-state index contributed by atoms with van der Waals surface area (Å²) in [6, 6.07) is 7.46. The number of rotatable bonds is 2. The van der Waals surface area contributed by atoms with E-state index >= 15 is 0 Å². The van der Waals surface area contributed by atoms with Gasteiger partial charge in [-0.05, 0) is 31.2 Å². The molecule has 0 amide bonds. The zero-order valence-electron chi connectivity index (χ0n) is 8.64. The molecular weight excluding hydrogens is 192 g/mol. The van der Waals surface area contributed by atoms with Gasteiger partial charge in [0.15, 0.2) is 0 Å². The fourth-order valence-electron chi connectivity index (χ4n) is 1.34. The van der Waals surface area contributed by atoms with Gasteiger partial charge in [0, 0.05) is 0 Å². The van der Waals surface area contributed by atoms with Crippen molar-refractivity contribution in [3.8, 4) is 11.4 Å². The molecule has 2 aromatic rings. The molecule has 78 valence electrons. The van der Waals surface area contributed by atoms with E-state index in [9.17, 15) is 0 Å². The van der Waals surface area contributed by atoms with Crippen molar-refractivity contribution in [2.45, 2.75) is 6.92 Å². The number of benzene rings is 1. The Morgan fingerprint density at radius 1 is 1.27 bits per heavy atom. The smallest absolute Gasteiger partial charge is 0.223 e. The Labute approximate surface area is 87.5 Å². The van der Waals surface area contributed by atoms with E-state index < -0.39 is 0 Å². The van der Waals surface area contributed by atoms with Gasteiger partial charge in [0.25, 0.3) is 0 Å². The molecule has 0 saturated heterocycles. The number of ether oxygens (including phenoxy) is 1. The van der Waals surface area contributed by atoms with Crippen molar-refractivity contribution in [2.75, 3.05) is 12.8 Å². The summed E-state index contributed by atoms with van der Waals surface area (Å²) in [6.07, 6.45) is 0. The van der Waals surface area contributed by atoms with Gasteiger partial charge < -0.3 is 10.5 Å². The minimum atomic E-state index is 0.387. The van der Waals surface area contributed by atoms with E-state index in [1.165, 1.54) is 0 Å². The van der Waals surface area contributed by atoms with Gasteiger partial charge in [0.1, 0.15) is 11.6 Å². The summed E-state index contributed by atoms with van der Waals surface area (Å²) in [5.41, 5.74) is 6.57. The van der Waals surface area contributed by atoms with E-state index in [2.05, 4.69) is 10.1 Å². The molecule has 0 saturated carbocycles. The molecule has 15 heavy (non-hydrogen) atoms. The molecule has 0 bridgehead atoms. The molecule has 0 radical (unpaired) electrons. The van der Waals surface area contributed by atoms with Crippen LogP contribution in [0, 0.1) is 6.92 Å². The zero-order chi connectivity index (χ0) is 10.8. The number of aryl methyl sites for hydroxylation is 1. The number of nitrogen functional groups attached to an aromatic ring is 1. The molecule has 5 heteroatoms. The van der Waals surface area contributed by atoms with Crippen LogP contribution >= 0.6 is 0 Å². The van der Waals surface area contributed by atoms with Crippen LogP contribution in [-0.2, 0) is 0 Å². The molecule has 1 heterocycles. The summed E-state index contributed by atoms with van der Waals surface area (Å²) in [4.78, 5) is 4.03. The number of nitrogens with zero attached hydrogens (tertiary/aromatic N) is 3. The highest BCUT2D eigenvalue weighted by atomic mass is 16.5. The summed E-state index contributed by atoms with van der Waals surface area (Å²) >= 11 is 0. The van der Waals surface area contributed by atoms with Crippen LogP contribution in [0.1, 0.15) is 5.82 Å². The summed E-state index contributed by atoms with van der Waals surface area (Å²) < 4.78 is 6.66. The standard InChI is InChI=1S/C10H12N4O/c1-7-12-10(11)14(13-7)8-3-5-9(15-2)6-4-8/h3-6H,1-2H3,(H2,11,12,13). The first-order valence-corrected chi connectivity index (χ1v) is 4.54. The van der Waals surface area contributed by atoms with E-state index in [0.29, 0.717) is 11.8 Å². The second-order valence-electron chi connectivity index (χ2n) is 3.13. The highest BCUT2D eigenvalue weighted by Crippen LogP contribution is 2.16. The van der Waals surface area contributed by atoms with E-state index in [-0.39, 0.29) is 0 Å². The first kappa shape index (κ1) is 9.51. The molecule has 0 fully saturated rings. The second kappa shape index (κ2) is 3.61. The lowest BCUT2D eigenvalue weighted by Crippen LogP contribution is -2.02. The van der Waals surface area contributed by atoms with Crippen molar-refractivity contribution in [1.29, 1.82) is 0 Å². The first-order valence-electron chi connectivity index (χ1n) is 4.54. The van der Waals surface area contributed by atoms with Crippen LogP contribution in [0.4, 0.5) is 5.95 Å². The summed E-state index contributed by atoms with van der Waals surface area (Å²) in [6.45, 7) is 1.80. The topological polar surface area (TPSA) is 66.0 Å². The van der Waals surface area contributed by atoms with Gasteiger partial charge in [0.05, 0.1) is 12.8 Å². The van der Waals surface area contributed by atoms with Crippen molar-refractivity contribution in [2.24, 2.45) is 0 Å². The van der Waals surface area contributed by atoms with Gasteiger partial charge in [0.2, 0.25) is 5.95 Å². The third-order valence-electron chi connectivity index (χ3n) is 2.06. The first-order chi connectivity index (χ1) is 7.20. The summed E-state index contributed by atoms with van der Waals surface area (Å²) in [7, 11) is 1.63.